The van der Waals surface area contributed by atoms with Crippen LogP contribution in [0.25, 0.3) is 0 Å². The molecule has 27 heavy (non-hydrogen) atoms. The average molecular weight is 418 g/mol. The van der Waals surface area contributed by atoms with Crippen molar-refractivity contribution in [1.29, 1.82) is 0 Å². The molecule has 1 atom stereocenters. The van der Waals surface area contributed by atoms with Crippen molar-refractivity contribution in [2.24, 2.45) is 5.73 Å². The summed E-state index contributed by atoms with van der Waals surface area (Å²) in [6.45, 7) is 1.46. The molecule has 3 N–H and O–H groups in total. The van der Waals surface area contributed by atoms with Crippen molar-refractivity contribution >= 4 is 29.3 Å². The number of carboxylic acids is 1. The molecule has 0 fully saturated rings. The maximum absolute atomic E-state index is 12.8. The molecule has 0 saturated carbocycles. The molecule has 0 aliphatic carbocycles. The van der Waals surface area contributed by atoms with E-state index in [0.717, 1.165) is 22.6 Å². The molecule has 0 aromatic heterocycles. The van der Waals surface area contributed by atoms with Crippen LogP contribution in [0.3, 0.4) is 0 Å². The highest BCUT2D eigenvalue weighted by Crippen LogP contribution is 2.35. The lowest BCUT2D eigenvalue weighted by molar-refractivity contribution is -0.143. The largest absolute Gasteiger partial charge is 0.480 e. The SMILES string of the molecule is CC(N)(CCCc1ccc(Sc2cccc(C(F)(F)F)c2)cc1Cl)C(=O)O. The van der Waals surface area contributed by atoms with E-state index in [-0.39, 0.29) is 0 Å². The zero-order valence-electron chi connectivity index (χ0n) is 14.5. The van der Waals surface area contributed by atoms with Gasteiger partial charge in [-0.1, -0.05) is 35.5 Å². The topological polar surface area (TPSA) is 63.3 Å². The van der Waals surface area contributed by atoms with Crippen LogP contribution in [-0.4, -0.2) is 16.6 Å². The summed E-state index contributed by atoms with van der Waals surface area (Å²) in [7, 11) is 0. The number of nitrogens with two attached hydrogens (primary N) is 1. The summed E-state index contributed by atoms with van der Waals surface area (Å²) in [4.78, 5) is 12.2. The minimum absolute atomic E-state index is 0.305. The number of rotatable bonds is 7. The molecule has 2 aromatic carbocycles. The number of carbonyl (C=O) groups is 1. The summed E-state index contributed by atoms with van der Waals surface area (Å²) in [6.07, 6.45) is -2.96. The Hall–Kier alpha value is -1.70. The second kappa shape index (κ2) is 8.54. The predicted molar refractivity (Wildman–Crippen MR) is 100 cm³/mol. The van der Waals surface area contributed by atoms with E-state index < -0.39 is 23.2 Å². The monoisotopic (exact) mass is 417 g/mol. The summed E-state index contributed by atoms with van der Waals surface area (Å²) in [6, 6.07) is 10.4. The Morgan fingerprint density at radius 1 is 1.19 bits per heavy atom. The lowest BCUT2D eigenvalue weighted by atomic mass is 9.95. The number of alkyl halides is 3. The molecule has 0 amide bonds. The van der Waals surface area contributed by atoms with Crippen molar-refractivity contribution in [3.8, 4) is 0 Å². The van der Waals surface area contributed by atoms with Gasteiger partial charge in [-0.15, -0.1) is 0 Å². The normalized spacial score (nSPS) is 14.0. The van der Waals surface area contributed by atoms with Gasteiger partial charge < -0.3 is 10.8 Å². The van der Waals surface area contributed by atoms with Crippen LogP contribution in [0.2, 0.25) is 5.02 Å². The van der Waals surface area contributed by atoms with Gasteiger partial charge in [-0.3, -0.25) is 4.79 Å². The summed E-state index contributed by atoms with van der Waals surface area (Å²) in [5.41, 5.74) is 4.56. The lowest BCUT2D eigenvalue weighted by Crippen LogP contribution is -2.44. The van der Waals surface area contributed by atoms with Crippen LogP contribution < -0.4 is 5.73 Å². The second-order valence-corrected chi connectivity index (χ2v) is 8.01. The third-order valence-corrected chi connectivity index (χ3v) is 5.38. The van der Waals surface area contributed by atoms with E-state index >= 15 is 0 Å². The minimum atomic E-state index is -4.38. The predicted octanol–water partition coefficient (Wildman–Crippen LogP) is 5.63. The lowest BCUT2D eigenvalue weighted by Gasteiger charge is -2.18. The molecule has 2 rings (SSSR count). The Morgan fingerprint density at radius 2 is 1.85 bits per heavy atom. The number of carboxylic acid groups (broad SMARTS) is 1. The maximum atomic E-state index is 12.8. The summed E-state index contributed by atoms with van der Waals surface area (Å²) < 4.78 is 38.4. The number of hydrogen-bond acceptors (Lipinski definition) is 3. The summed E-state index contributed by atoms with van der Waals surface area (Å²) in [5.74, 6) is -1.05. The molecule has 0 heterocycles. The molecule has 0 bridgehead atoms. The smallest absolute Gasteiger partial charge is 0.416 e. The zero-order valence-corrected chi connectivity index (χ0v) is 16.1. The number of hydrogen-bond donors (Lipinski definition) is 2. The quantitative estimate of drug-likeness (QED) is 0.612. The van der Waals surface area contributed by atoms with Gasteiger partial charge in [-0.05, 0) is 62.1 Å². The molecular weight excluding hydrogens is 399 g/mol. The summed E-state index contributed by atoms with van der Waals surface area (Å²) in [5, 5.41) is 9.50. The van der Waals surface area contributed by atoms with E-state index in [1.807, 2.05) is 0 Å². The van der Waals surface area contributed by atoms with Gasteiger partial charge in [0.05, 0.1) is 5.56 Å². The van der Waals surface area contributed by atoms with Crippen molar-refractivity contribution in [1.82, 2.24) is 0 Å². The third-order valence-electron chi connectivity index (χ3n) is 4.05. The average Bonchev–Trinajstić information content (AvgIpc) is 2.56. The Bertz CT molecular complexity index is 825. The van der Waals surface area contributed by atoms with Crippen molar-refractivity contribution in [2.45, 2.75) is 47.7 Å². The molecule has 1 unspecified atom stereocenters. The molecular formula is C19H19ClF3NO2S. The van der Waals surface area contributed by atoms with Crippen molar-refractivity contribution < 1.29 is 23.1 Å². The Labute approximate surface area is 164 Å². The molecule has 8 heteroatoms. The van der Waals surface area contributed by atoms with Crippen molar-refractivity contribution in [2.75, 3.05) is 0 Å². The first kappa shape index (κ1) is 21.6. The Balaban J connectivity index is 2.04. The van der Waals surface area contributed by atoms with Crippen molar-refractivity contribution in [3.05, 3.63) is 58.6 Å². The molecule has 2 aromatic rings. The summed E-state index contributed by atoms with van der Waals surface area (Å²) >= 11 is 7.46. The van der Waals surface area contributed by atoms with Crippen LogP contribution in [0.15, 0.2) is 52.3 Å². The van der Waals surface area contributed by atoms with Crippen LogP contribution in [0.4, 0.5) is 13.2 Å². The van der Waals surface area contributed by atoms with E-state index in [2.05, 4.69) is 0 Å². The first-order chi connectivity index (χ1) is 12.5. The first-order valence-electron chi connectivity index (χ1n) is 8.15. The number of aryl methyl sites for hydroxylation is 1. The first-order valence-corrected chi connectivity index (χ1v) is 9.34. The zero-order chi connectivity index (χ0) is 20.2. The minimum Gasteiger partial charge on any atom is -0.480 e. The molecule has 0 spiro atoms. The highest BCUT2D eigenvalue weighted by atomic mass is 35.5. The van der Waals surface area contributed by atoms with E-state index in [1.54, 1.807) is 24.3 Å². The Kier molecular flexibility index (Phi) is 6.83. The molecule has 0 saturated heterocycles. The standard InChI is InChI=1S/C19H19ClF3NO2S/c1-18(24,17(25)26)9-3-4-12-7-8-15(11-16(12)20)27-14-6-2-5-13(10-14)19(21,22)23/h2,5-8,10-11H,3-4,9,24H2,1H3,(H,25,26). The highest BCUT2D eigenvalue weighted by molar-refractivity contribution is 7.99. The van der Waals surface area contributed by atoms with Gasteiger partial charge >= 0.3 is 12.1 Å². The van der Waals surface area contributed by atoms with Gasteiger partial charge in [0.25, 0.3) is 0 Å². The van der Waals surface area contributed by atoms with Gasteiger partial charge in [-0.2, -0.15) is 13.2 Å². The number of aliphatic carboxylic acids is 1. The third kappa shape index (κ3) is 6.16. The van der Waals surface area contributed by atoms with E-state index in [9.17, 15) is 18.0 Å². The molecule has 0 aliphatic rings. The van der Waals surface area contributed by atoms with Crippen LogP contribution in [0.5, 0.6) is 0 Å². The van der Waals surface area contributed by atoms with E-state index in [0.29, 0.717) is 29.2 Å². The van der Waals surface area contributed by atoms with Crippen LogP contribution in [0, 0.1) is 0 Å². The molecule has 146 valence electrons. The van der Waals surface area contributed by atoms with Gasteiger partial charge in [0.15, 0.2) is 0 Å². The number of benzene rings is 2. The highest BCUT2D eigenvalue weighted by Gasteiger charge is 2.30. The van der Waals surface area contributed by atoms with E-state index in [1.165, 1.54) is 24.8 Å². The fourth-order valence-electron chi connectivity index (χ4n) is 2.42. The number of halogens is 4. The fraction of sp³-hybridized carbons (Fsp3) is 0.316. The van der Waals surface area contributed by atoms with E-state index in [4.69, 9.17) is 22.4 Å². The maximum Gasteiger partial charge on any atom is 0.416 e. The molecule has 0 aliphatic heterocycles. The molecule has 0 radical (unpaired) electrons. The van der Waals surface area contributed by atoms with Gasteiger partial charge in [0.1, 0.15) is 5.54 Å². The van der Waals surface area contributed by atoms with Gasteiger partial charge in [0.2, 0.25) is 0 Å². The van der Waals surface area contributed by atoms with Crippen LogP contribution in [-0.2, 0) is 17.4 Å². The van der Waals surface area contributed by atoms with Gasteiger partial charge in [0, 0.05) is 14.8 Å². The van der Waals surface area contributed by atoms with Crippen LogP contribution >= 0.6 is 23.4 Å². The van der Waals surface area contributed by atoms with Gasteiger partial charge in [-0.25, -0.2) is 0 Å². The van der Waals surface area contributed by atoms with Crippen molar-refractivity contribution in [3.63, 3.8) is 0 Å². The molecule has 3 nitrogen and oxygen atoms in total. The fourth-order valence-corrected chi connectivity index (χ4v) is 3.68. The Morgan fingerprint density at radius 3 is 2.44 bits per heavy atom. The van der Waals surface area contributed by atoms with Crippen LogP contribution in [0.1, 0.15) is 30.9 Å². The second-order valence-electron chi connectivity index (χ2n) is 6.46.